The lowest BCUT2D eigenvalue weighted by molar-refractivity contribution is -0.238. The van der Waals surface area contributed by atoms with Crippen LogP contribution < -0.4 is 0 Å². The number of furan rings is 1. The Hall–Kier alpha value is -4.08. The monoisotopic (exact) mass is 734 g/mol. The van der Waals surface area contributed by atoms with E-state index in [4.69, 9.17) is 28.1 Å². The highest BCUT2D eigenvalue weighted by molar-refractivity contribution is 5.96. The lowest BCUT2D eigenvalue weighted by atomic mass is 9.46. The van der Waals surface area contributed by atoms with Crippen LogP contribution in [-0.2, 0) is 52.5 Å². The summed E-state index contributed by atoms with van der Waals surface area (Å²) in [6.45, 7) is 13.9. The van der Waals surface area contributed by atoms with Crippen molar-refractivity contribution in [2.24, 2.45) is 28.6 Å². The van der Waals surface area contributed by atoms with Crippen molar-refractivity contribution in [1.29, 1.82) is 0 Å². The number of aliphatic hydroxyl groups excluding tert-OH is 2. The van der Waals surface area contributed by atoms with Crippen LogP contribution in [0.2, 0.25) is 0 Å². The molecule has 3 aliphatic rings. The van der Waals surface area contributed by atoms with E-state index in [1.807, 2.05) is 0 Å². The van der Waals surface area contributed by atoms with Gasteiger partial charge in [0.25, 0.3) is 6.47 Å². The van der Waals surface area contributed by atoms with Crippen LogP contribution >= 0.6 is 0 Å². The van der Waals surface area contributed by atoms with Gasteiger partial charge in [0.15, 0.2) is 17.5 Å². The molecular weight excluding hydrogens is 684 g/mol. The number of fused-ring (bicyclic) bond motifs is 1. The van der Waals surface area contributed by atoms with Crippen molar-refractivity contribution in [2.75, 3.05) is 13.2 Å². The Morgan fingerprint density at radius 2 is 1.87 bits per heavy atom. The Labute approximate surface area is 301 Å². The highest BCUT2D eigenvalue weighted by Gasteiger charge is 2.77. The molecule has 52 heavy (non-hydrogen) atoms. The Morgan fingerprint density at radius 1 is 1.19 bits per heavy atom. The minimum atomic E-state index is -2.57. The van der Waals surface area contributed by atoms with E-state index in [2.05, 4.69) is 6.58 Å². The van der Waals surface area contributed by atoms with Crippen molar-refractivity contribution >= 4 is 36.1 Å². The number of esters is 4. The fraction of sp³-hybridized carbons (Fsp3) is 0.676. The Morgan fingerprint density at radius 3 is 2.40 bits per heavy atom. The average molecular weight is 735 g/mol. The van der Waals surface area contributed by atoms with Crippen LogP contribution in [0.1, 0.15) is 85.6 Å². The van der Waals surface area contributed by atoms with Gasteiger partial charge in [0.05, 0.1) is 44.0 Å². The maximum absolute atomic E-state index is 14.4. The SMILES string of the molecule is C=C1C(C(C)(C(CC(=O)OCC)OC(C)=O)C2CC(=O)OC2(C)CO)C(OC=O)C(OC(=O)C(O)C(C)CC)C2(C)C(c3ccoc3)CC(=O)C12O. The third-order valence-corrected chi connectivity index (χ3v) is 12.0. The number of carbonyl (C=O) groups is 6. The summed E-state index contributed by atoms with van der Waals surface area (Å²) < 4.78 is 33.9. The zero-order chi connectivity index (χ0) is 39.0. The zero-order valence-electron chi connectivity index (χ0n) is 30.6. The molecule has 15 heteroatoms. The molecule has 0 spiro atoms. The van der Waals surface area contributed by atoms with Gasteiger partial charge in [-0.15, -0.1) is 0 Å². The van der Waals surface area contributed by atoms with Crippen molar-refractivity contribution in [3.8, 4) is 0 Å². The number of ketones is 1. The first-order chi connectivity index (χ1) is 24.3. The molecule has 15 nitrogen and oxygen atoms in total. The van der Waals surface area contributed by atoms with Crippen molar-refractivity contribution in [3.63, 3.8) is 0 Å². The average Bonchev–Trinajstić information content (AvgIpc) is 3.78. The van der Waals surface area contributed by atoms with Gasteiger partial charge in [-0.2, -0.15) is 0 Å². The van der Waals surface area contributed by atoms with E-state index < -0.39 is 119 Å². The fourth-order valence-electron chi connectivity index (χ4n) is 9.06. The van der Waals surface area contributed by atoms with Crippen LogP contribution in [0, 0.1) is 28.6 Å². The summed E-state index contributed by atoms with van der Waals surface area (Å²) in [4.78, 5) is 79.7. The second-order valence-corrected chi connectivity index (χ2v) is 14.8. The van der Waals surface area contributed by atoms with Crippen molar-refractivity contribution < 1.29 is 72.2 Å². The number of Topliss-reactive ketones (excluding diaryl/α,β-unsaturated/α-hetero) is 1. The molecule has 1 aromatic rings. The van der Waals surface area contributed by atoms with Crippen LogP contribution in [0.25, 0.3) is 0 Å². The minimum Gasteiger partial charge on any atom is -0.472 e. The van der Waals surface area contributed by atoms with E-state index in [0.29, 0.717) is 12.0 Å². The van der Waals surface area contributed by atoms with Crippen LogP contribution in [0.15, 0.2) is 35.2 Å². The van der Waals surface area contributed by atoms with Crippen molar-refractivity contribution in [1.82, 2.24) is 0 Å². The van der Waals surface area contributed by atoms with Gasteiger partial charge in [0, 0.05) is 36.5 Å². The number of carbonyl (C=O) groups excluding carboxylic acids is 6. The first-order valence-corrected chi connectivity index (χ1v) is 17.4. The molecule has 1 aliphatic heterocycles. The quantitative estimate of drug-likeness (QED) is 0.102. The Balaban J connectivity index is 2.10. The summed E-state index contributed by atoms with van der Waals surface area (Å²) in [5.41, 5.74) is -7.84. The molecule has 0 radical (unpaired) electrons. The third-order valence-electron chi connectivity index (χ3n) is 12.0. The van der Waals surface area contributed by atoms with Gasteiger partial charge in [-0.3, -0.25) is 24.0 Å². The first kappa shape index (κ1) is 40.7. The third kappa shape index (κ3) is 6.44. The van der Waals surface area contributed by atoms with Crippen LogP contribution in [0.4, 0.5) is 0 Å². The number of cyclic esters (lactones) is 1. The van der Waals surface area contributed by atoms with Gasteiger partial charge in [0.2, 0.25) is 0 Å². The van der Waals surface area contributed by atoms with Crippen LogP contribution in [0.5, 0.6) is 0 Å². The minimum absolute atomic E-state index is 0.0483. The normalized spacial score (nSPS) is 34.3. The molecule has 4 rings (SSSR count). The first-order valence-electron chi connectivity index (χ1n) is 17.4. The van der Waals surface area contributed by atoms with Gasteiger partial charge in [-0.1, -0.05) is 40.7 Å². The van der Waals surface area contributed by atoms with E-state index in [1.54, 1.807) is 26.8 Å². The second-order valence-electron chi connectivity index (χ2n) is 14.8. The molecule has 0 amide bonds. The molecule has 12 unspecified atom stereocenters. The highest BCUT2D eigenvalue weighted by Crippen LogP contribution is 2.68. The fourth-order valence-corrected chi connectivity index (χ4v) is 9.06. The molecular formula is C37H50O15. The molecule has 1 saturated heterocycles. The van der Waals surface area contributed by atoms with E-state index in [0.717, 1.165) is 6.92 Å². The largest absolute Gasteiger partial charge is 0.472 e. The smallest absolute Gasteiger partial charge is 0.335 e. The predicted molar refractivity (Wildman–Crippen MR) is 178 cm³/mol. The van der Waals surface area contributed by atoms with Crippen LogP contribution in [0.3, 0.4) is 0 Å². The van der Waals surface area contributed by atoms with Gasteiger partial charge in [-0.25, -0.2) is 4.79 Å². The second kappa shape index (κ2) is 15.1. The molecule has 2 saturated carbocycles. The van der Waals surface area contributed by atoms with Crippen molar-refractivity contribution in [2.45, 2.75) is 116 Å². The maximum atomic E-state index is 14.4. The maximum Gasteiger partial charge on any atom is 0.335 e. The molecule has 12 atom stereocenters. The van der Waals surface area contributed by atoms with Crippen molar-refractivity contribution in [3.05, 3.63) is 36.3 Å². The number of hydrogen-bond acceptors (Lipinski definition) is 15. The summed E-state index contributed by atoms with van der Waals surface area (Å²) in [5, 5.41) is 34.6. The number of rotatable bonds is 15. The molecule has 3 N–H and O–H groups in total. The zero-order valence-corrected chi connectivity index (χ0v) is 30.6. The van der Waals surface area contributed by atoms with Crippen LogP contribution in [-0.4, -0.2) is 100 Å². The molecule has 0 aromatic carbocycles. The topological polar surface area (TPSA) is 222 Å². The van der Waals surface area contributed by atoms with Gasteiger partial charge >= 0.3 is 23.9 Å². The number of ether oxygens (including phenoxy) is 5. The molecule has 1 aromatic heterocycles. The van der Waals surface area contributed by atoms with E-state index >= 15 is 0 Å². The molecule has 2 heterocycles. The standard InChI is InChI=1S/C37H50O15/c1-9-19(3)30(44)33(45)51-32-31(49-18-39)29(20(4)37(46)25(41)13-23(36(32,37)8)22-11-12-47-16-22)35(7,24-14-28(43)52-34(24,6)17-38)26(50-21(5)40)15-27(42)48-10-2/h11-12,16,18-19,23-24,26,29-32,38,44,46H,4,9-10,13-15,17H2,1-3,5-8H3. The summed E-state index contributed by atoms with van der Waals surface area (Å²) in [5.74, 6) is -8.61. The Kier molecular flexibility index (Phi) is 11.8. The van der Waals surface area contributed by atoms with E-state index in [-0.39, 0.29) is 25.1 Å². The summed E-state index contributed by atoms with van der Waals surface area (Å²) in [6.07, 6.45) is -4.92. The molecule has 3 fully saturated rings. The predicted octanol–water partition coefficient (Wildman–Crippen LogP) is 2.33. The lowest BCUT2D eigenvalue weighted by Gasteiger charge is -2.61. The molecule has 2 aliphatic carbocycles. The lowest BCUT2D eigenvalue weighted by Crippen LogP contribution is -2.72. The number of aliphatic hydroxyl groups is 3. The van der Waals surface area contributed by atoms with E-state index in [1.165, 1.54) is 33.3 Å². The summed E-state index contributed by atoms with van der Waals surface area (Å²) in [6, 6.07) is 1.57. The van der Waals surface area contributed by atoms with Gasteiger partial charge in [0.1, 0.15) is 23.9 Å². The van der Waals surface area contributed by atoms with Gasteiger partial charge < -0.3 is 43.4 Å². The highest BCUT2D eigenvalue weighted by atomic mass is 16.6. The Bertz CT molecular complexity index is 1550. The van der Waals surface area contributed by atoms with Gasteiger partial charge in [-0.05, 0) is 37.0 Å². The molecule has 288 valence electrons. The summed E-state index contributed by atoms with van der Waals surface area (Å²) in [7, 11) is 0. The summed E-state index contributed by atoms with van der Waals surface area (Å²) >= 11 is 0. The van der Waals surface area contributed by atoms with E-state index in [9.17, 15) is 44.1 Å². The molecule has 0 bridgehead atoms. The number of hydrogen-bond donors (Lipinski definition) is 3.